The van der Waals surface area contributed by atoms with E-state index in [4.69, 9.17) is 0 Å². The summed E-state index contributed by atoms with van der Waals surface area (Å²) >= 11 is 0. The molecule has 19 heavy (non-hydrogen) atoms. The Morgan fingerprint density at radius 2 is 2.00 bits per heavy atom. The Morgan fingerprint density at radius 1 is 1.21 bits per heavy atom. The number of H-pyrrole nitrogens is 1. The van der Waals surface area contributed by atoms with Crippen LogP contribution in [0.5, 0.6) is 0 Å². The average Bonchev–Trinajstić information content (AvgIpc) is 2.82. The number of hydrogen-bond acceptors (Lipinski definition) is 3. The van der Waals surface area contributed by atoms with E-state index in [-0.39, 0.29) is 0 Å². The first-order chi connectivity index (χ1) is 9.28. The molecule has 94 valence electrons. The lowest BCUT2D eigenvalue weighted by Gasteiger charge is -2.05. The zero-order valence-electron chi connectivity index (χ0n) is 10.6. The molecule has 0 aliphatic rings. The largest absolute Gasteiger partial charge is 0.345 e. The minimum atomic E-state index is 0.612. The number of carbonyl (C=O) groups excluding carboxylic acids is 1. The molecular weight excluding hydrogens is 238 g/mol. The normalized spacial score (nSPS) is 10.8. The second-order valence-electron chi connectivity index (χ2n) is 4.47. The number of aromatic nitrogens is 3. The Morgan fingerprint density at radius 3 is 2.74 bits per heavy atom. The maximum atomic E-state index is 11.1. The Kier molecular flexibility index (Phi) is 2.83. The van der Waals surface area contributed by atoms with Crippen LogP contribution in [0.1, 0.15) is 27.4 Å². The van der Waals surface area contributed by atoms with Gasteiger partial charge in [0.15, 0.2) is 6.29 Å². The fourth-order valence-corrected chi connectivity index (χ4v) is 2.27. The highest BCUT2D eigenvalue weighted by Crippen LogP contribution is 2.21. The maximum absolute atomic E-state index is 11.1. The predicted octanol–water partition coefficient (Wildman–Crippen LogP) is 2.67. The molecule has 4 heteroatoms. The van der Waals surface area contributed by atoms with Crippen molar-refractivity contribution < 1.29 is 4.79 Å². The van der Waals surface area contributed by atoms with E-state index in [9.17, 15) is 4.79 Å². The summed E-state index contributed by atoms with van der Waals surface area (Å²) in [5, 5.41) is 0.824. The number of aryl methyl sites for hydroxylation is 1. The summed E-state index contributed by atoms with van der Waals surface area (Å²) < 4.78 is 0. The van der Waals surface area contributed by atoms with Gasteiger partial charge in [0.2, 0.25) is 0 Å². The fourth-order valence-electron chi connectivity index (χ4n) is 2.27. The molecule has 0 spiro atoms. The Labute approximate surface area is 110 Å². The van der Waals surface area contributed by atoms with Crippen LogP contribution in [-0.2, 0) is 6.42 Å². The summed E-state index contributed by atoms with van der Waals surface area (Å²) in [7, 11) is 0. The summed E-state index contributed by atoms with van der Waals surface area (Å²) in [6.07, 6.45) is 3.21. The predicted molar refractivity (Wildman–Crippen MR) is 73.3 cm³/mol. The number of aromatic amines is 1. The van der Waals surface area contributed by atoms with Crippen LogP contribution in [-0.4, -0.2) is 21.2 Å². The summed E-state index contributed by atoms with van der Waals surface area (Å²) in [6.45, 7) is 1.86. The van der Waals surface area contributed by atoms with Crippen molar-refractivity contribution in [3.63, 3.8) is 0 Å². The Hall–Kier alpha value is -2.49. The smallest absolute Gasteiger partial charge is 0.152 e. The van der Waals surface area contributed by atoms with E-state index in [0.717, 1.165) is 23.0 Å². The first kappa shape index (κ1) is 11.6. The third kappa shape index (κ3) is 2.12. The van der Waals surface area contributed by atoms with Crippen LogP contribution >= 0.6 is 0 Å². The molecule has 0 saturated heterocycles. The minimum Gasteiger partial charge on any atom is -0.345 e. The van der Waals surface area contributed by atoms with Gasteiger partial charge < -0.3 is 4.98 Å². The van der Waals surface area contributed by atoms with Crippen molar-refractivity contribution in [1.82, 2.24) is 15.0 Å². The molecule has 0 radical (unpaired) electrons. The van der Waals surface area contributed by atoms with Crippen LogP contribution in [0.25, 0.3) is 11.0 Å². The van der Waals surface area contributed by atoms with E-state index < -0.39 is 0 Å². The second-order valence-corrected chi connectivity index (χ2v) is 4.47. The van der Waals surface area contributed by atoms with Crippen LogP contribution in [0.2, 0.25) is 0 Å². The molecule has 0 fully saturated rings. The van der Waals surface area contributed by atoms with Crippen LogP contribution in [0, 0.1) is 6.92 Å². The lowest BCUT2D eigenvalue weighted by molar-refractivity contribution is 0.112. The van der Waals surface area contributed by atoms with Gasteiger partial charge in [0.25, 0.3) is 0 Å². The summed E-state index contributed by atoms with van der Waals surface area (Å²) in [5.41, 5.74) is 3.39. The molecule has 3 rings (SSSR count). The quantitative estimate of drug-likeness (QED) is 0.728. The van der Waals surface area contributed by atoms with Crippen LogP contribution in [0.4, 0.5) is 0 Å². The van der Waals surface area contributed by atoms with Gasteiger partial charge in [-0.3, -0.25) is 4.79 Å². The molecule has 0 aliphatic carbocycles. The first-order valence-corrected chi connectivity index (χ1v) is 6.11. The molecule has 1 N–H and O–H groups in total. The number of hydrogen-bond donors (Lipinski definition) is 1. The maximum Gasteiger partial charge on any atom is 0.152 e. The summed E-state index contributed by atoms with van der Waals surface area (Å²) in [5.74, 6) is 0.706. The van der Waals surface area contributed by atoms with Crippen molar-refractivity contribution in [2.75, 3.05) is 0 Å². The van der Waals surface area contributed by atoms with Crippen molar-refractivity contribution in [3.05, 3.63) is 59.2 Å². The SMILES string of the molecule is Cc1nc(Cc2ccccc2)c2c(C=O)c[nH]c2n1. The van der Waals surface area contributed by atoms with E-state index in [1.165, 1.54) is 5.56 Å². The monoisotopic (exact) mass is 251 g/mol. The zero-order chi connectivity index (χ0) is 13.2. The highest BCUT2D eigenvalue weighted by atomic mass is 16.1. The van der Waals surface area contributed by atoms with Gasteiger partial charge in [-0.2, -0.15) is 0 Å². The third-order valence-electron chi connectivity index (χ3n) is 3.09. The molecule has 0 saturated carbocycles. The molecule has 4 nitrogen and oxygen atoms in total. The van der Waals surface area contributed by atoms with E-state index in [2.05, 4.69) is 27.1 Å². The molecule has 0 aliphatic heterocycles. The van der Waals surface area contributed by atoms with Crippen molar-refractivity contribution >= 4 is 17.3 Å². The van der Waals surface area contributed by atoms with Crippen molar-refractivity contribution in [1.29, 1.82) is 0 Å². The van der Waals surface area contributed by atoms with E-state index in [1.54, 1.807) is 6.20 Å². The third-order valence-corrected chi connectivity index (χ3v) is 3.09. The second kappa shape index (κ2) is 4.65. The molecule has 0 amide bonds. The summed E-state index contributed by atoms with van der Waals surface area (Å²) in [6, 6.07) is 10.1. The number of carbonyl (C=O) groups is 1. The van der Waals surface area contributed by atoms with E-state index >= 15 is 0 Å². The van der Waals surface area contributed by atoms with Crippen LogP contribution in [0.15, 0.2) is 36.5 Å². The molecule has 3 aromatic rings. The molecule has 1 aromatic carbocycles. The molecule has 0 unspecified atom stereocenters. The topological polar surface area (TPSA) is 58.6 Å². The van der Waals surface area contributed by atoms with Crippen molar-refractivity contribution in [3.8, 4) is 0 Å². The van der Waals surface area contributed by atoms with Crippen molar-refractivity contribution in [2.45, 2.75) is 13.3 Å². The van der Waals surface area contributed by atoms with Gasteiger partial charge in [-0.1, -0.05) is 30.3 Å². The van der Waals surface area contributed by atoms with Crippen LogP contribution < -0.4 is 0 Å². The van der Waals surface area contributed by atoms with Crippen LogP contribution in [0.3, 0.4) is 0 Å². The van der Waals surface area contributed by atoms with Gasteiger partial charge in [-0.15, -0.1) is 0 Å². The highest BCUT2D eigenvalue weighted by molar-refractivity contribution is 5.97. The Balaban J connectivity index is 2.16. The van der Waals surface area contributed by atoms with E-state index in [1.807, 2.05) is 25.1 Å². The highest BCUT2D eigenvalue weighted by Gasteiger charge is 2.12. The van der Waals surface area contributed by atoms with Gasteiger partial charge >= 0.3 is 0 Å². The van der Waals surface area contributed by atoms with Gasteiger partial charge in [0.1, 0.15) is 11.5 Å². The minimum absolute atomic E-state index is 0.612. The van der Waals surface area contributed by atoms with Gasteiger partial charge in [-0.25, -0.2) is 9.97 Å². The molecule has 0 bridgehead atoms. The van der Waals surface area contributed by atoms with E-state index in [0.29, 0.717) is 17.8 Å². The van der Waals surface area contributed by atoms with Crippen molar-refractivity contribution in [2.24, 2.45) is 0 Å². The first-order valence-electron chi connectivity index (χ1n) is 6.11. The number of benzene rings is 1. The van der Waals surface area contributed by atoms with Gasteiger partial charge in [-0.05, 0) is 12.5 Å². The number of nitrogens with one attached hydrogen (secondary N) is 1. The zero-order valence-corrected chi connectivity index (χ0v) is 10.6. The fraction of sp³-hybridized carbons (Fsp3) is 0.133. The molecule has 2 aromatic heterocycles. The summed E-state index contributed by atoms with van der Waals surface area (Å²) in [4.78, 5) is 22.9. The molecular formula is C15H13N3O. The molecule has 0 atom stereocenters. The number of aldehydes is 1. The number of nitrogens with zero attached hydrogens (tertiary/aromatic N) is 2. The number of rotatable bonds is 3. The van der Waals surface area contributed by atoms with Gasteiger partial charge in [0.05, 0.1) is 11.1 Å². The lowest BCUT2D eigenvalue weighted by Crippen LogP contribution is -1.99. The number of fused-ring (bicyclic) bond motifs is 1. The lowest BCUT2D eigenvalue weighted by atomic mass is 10.1. The standard InChI is InChI=1S/C15H13N3O/c1-10-17-13(7-11-5-3-2-4-6-11)14-12(9-19)8-16-15(14)18-10/h2-6,8-9H,7H2,1H3,(H,16,17,18). The van der Waals surface area contributed by atoms with Gasteiger partial charge in [0, 0.05) is 18.2 Å². The molecule has 2 heterocycles. The average molecular weight is 251 g/mol. The Bertz CT molecular complexity index is 732.